The normalized spacial score (nSPS) is 10.7. The molecule has 0 spiro atoms. The van der Waals surface area contributed by atoms with Crippen LogP contribution in [0.4, 0.5) is 5.69 Å². The quantitative estimate of drug-likeness (QED) is 0.612. The van der Waals surface area contributed by atoms with Crippen molar-refractivity contribution in [2.75, 3.05) is 18.0 Å². The van der Waals surface area contributed by atoms with Crippen molar-refractivity contribution in [3.8, 4) is 0 Å². The summed E-state index contributed by atoms with van der Waals surface area (Å²) in [6, 6.07) is 15.2. The Morgan fingerprint density at radius 2 is 1.70 bits per heavy atom. The summed E-state index contributed by atoms with van der Waals surface area (Å²) in [7, 11) is 0. The van der Waals surface area contributed by atoms with Crippen LogP contribution in [0.3, 0.4) is 0 Å². The smallest absolute Gasteiger partial charge is 0.271 e. The second kappa shape index (κ2) is 8.48. The number of halogens is 1. The van der Waals surface area contributed by atoms with Crippen LogP contribution in [-0.2, 0) is 0 Å². The first-order chi connectivity index (χ1) is 11.1. The molecule has 0 atom stereocenters. The molecule has 5 heteroatoms. The SMILES string of the molecule is CCN(CC)c1ccc(/C=N/NC(=O)c2ccc(Br)cc2)cc1. The fraction of sp³-hybridized carbons (Fsp3) is 0.222. The molecule has 2 rings (SSSR count). The van der Waals surface area contributed by atoms with Gasteiger partial charge in [0.2, 0.25) is 0 Å². The van der Waals surface area contributed by atoms with Gasteiger partial charge in [-0.2, -0.15) is 5.10 Å². The van der Waals surface area contributed by atoms with E-state index < -0.39 is 0 Å². The van der Waals surface area contributed by atoms with Crippen LogP contribution < -0.4 is 10.3 Å². The lowest BCUT2D eigenvalue weighted by Gasteiger charge is -2.20. The van der Waals surface area contributed by atoms with Crippen LogP contribution in [0.1, 0.15) is 29.8 Å². The average Bonchev–Trinajstić information content (AvgIpc) is 2.58. The molecule has 120 valence electrons. The van der Waals surface area contributed by atoms with E-state index in [0.29, 0.717) is 5.56 Å². The topological polar surface area (TPSA) is 44.7 Å². The van der Waals surface area contributed by atoms with Gasteiger partial charge in [0.25, 0.3) is 5.91 Å². The van der Waals surface area contributed by atoms with Crippen LogP contribution in [0.5, 0.6) is 0 Å². The summed E-state index contributed by atoms with van der Waals surface area (Å²) in [5.41, 5.74) is 5.23. The number of nitrogens with zero attached hydrogens (tertiary/aromatic N) is 2. The number of hydrogen-bond acceptors (Lipinski definition) is 3. The van der Waals surface area contributed by atoms with Crippen molar-refractivity contribution in [1.82, 2.24) is 5.43 Å². The molecule has 0 aromatic heterocycles. The van der Waals surface area contributed by atoms with Gasteiger partial charge < -0.3 is 4.90 Å². The molecular weight excluding hydrogens is 354 g/mol. The number of benzene rings is 2. The van der Waals surface area contributed by atoms with Gasteiger partial charge in [0.15, 0.2) is 0 Å². The van der Waals surface area contributed by atoms with Crippen LogP contribution >= 0.6 is 15.9 Å². The number of hydrazone groups is 1. The van der Waals surface area contributed by atoms with Crippen LogP contribution in [0.15, 0.2) is 58.1 Å². The molecule has 0 fully saturated rings. The van der Waals surface area contributed by atoms with E-state index in [0.717, 1.165) is 23.1 Å². The maximum Gasteiger partial charge on any atom is 0.271 e. The zero-order chi connectivity index (χ0) is 16.7. The summed E-state index contributed by atoms with van der Waals surface area (Å²) < 4.78 is 0.936. The first-order valence-electron chi connectivity index (χ1n) is 7.58. The predicted octanol–water partition coefficient (Wildman–Crippen LogP) is 4.06. The van der Waals surface area contributed by atoms with Crippen molar-refractivity contribution in [3.63, 3.8) is 0 Å². The molecule has 0 saturated carbocycles. The number of rotatable bonds is 6. The van der Waals surface area contributed by atoms with E-state index in [-0.39, 0.29) is 5.91 Å². The van der Waals surface area contributed by atoms with Gasteiger partial charge in [-0.15, -0.1) is 0 Å². The van der Waals surface area contributed by atoms with Crippen molar-refractivity contribution >= 4 is 33.7 Å². The lowest BCUT2D eigenvalue weighted by atomic mass is 10.2. The lowest BCUT2D eigenvalue weighted by molar-refractivity contribution is 0.0955. The van der Waals surface area contributed by atoms with Gasteiger partial charge in [-0.25, -0.2) is 5.43 Å². The molecule has 0 aliphatic rings. The molecule has 23 heavy (non-hydrogen) atoms. The standard InChI is InChI=1S/C18H20BrN3O/c1-3-22(4-2)17-11-5-14(6-12-17)13-20-21-18(23)15-7-9-16(19)10-8-15/h5-13H,3-4H2,1-2H3,(H,21,23)/b20-13+. The molecule has 1 N–H and O–H groups in total. The number of hydrogen-bond donors (Lipinski definition) is 1. The van der Waals surface area contributed by atoms with Gasteiger partial charge in [0.05, 0.1) is 6.21 Å². The Hall–Kier alpha value is -2.14. The van der Waals surface area contributed by atoms with Crippen molar-refractivity contribution < 1.29 is 4.79 Å². The first-order valence-corrected chi connectivity index (χ1v) is 8.37. The molecule has 0 unspecified atom stereocenters. The molecule has 1 amide bonds. The summed E-state index contributed by atoms with van der Waals surface area (Å²) in [5.74, 6) is -0.228. The van der Waals surface area contributed by atoms with E-state index in [9.17, 15) is 4.79 Å². The van der Waals surface area contributed by atoms with Gasteiger partial charge >= 0.3 is 0 Å². The highest BCUT2D eigenvalue weighted by molar-refractivity contribution is 9.10. The number of nitrogens with one attached hydrogen (secondary N) is 1. The average molecular weight is 374 g/mol. The lowest BCUT2D eigenvalue weighted by Crippen LogP contribution is -2.21. The summed E-state index contributed by atoms with van der Waals surface area (Å²) >= 11 is 3.34. The third kappa shape index (κ3) is 4.93. The molecular formula is C18H20BrN3O. The highest BCUT2D eigenvalue weighted by Gasteiger charge is 2.03. The molecule has 0 radical (unpaired) electrons. The van der Waals surface area contributed by atoms with Gasteiger partial charge in [0, 0.05) is 28.8 Å². The van der Waals surface area contributed by atoms with E-state index in [1.54, 1.807) is 18.3 Å². The minimum Gasteiger partial charge on any atom is -0.372 e. The Bertz CT molecular complexity index is 662. The molecule has 2 aromatic rings. The van der Waals surface area contributed by atoms with Crippen molar-refractivity contribution in [2.24, 2.45) is 5.10 Å². The van der Waals surface area contributed by atoms with Gasteiger partial charge in [-0.05, 0) is 55.8 Å². The minimum absolute atomic E-state index is 0.228. The summed E-state index contributed by atoms with van der Waals surface area (Å²) in [4.78, 5) is 14.2. The monoisotopic (exact) mass is 373 g/mol. The zero-order valence-electron chi connectivity index (χ0n) is 13.3. The Labute approximate surface area is 145 Å². The van der Waals surface area contributed by atoms with Crippen molar-refractivity contribution in [1.29, 1.82) is 0 Å². The van der Waals surface area contributed by atoms with Crippen LogP contribution in [0.2, 0.25) is 0 Å². The van der Waals surface area contributed by atoms with E-state index in [2.05, 4.69) is 57.3 Å². The van der Waals surface area contributed by atoms with Crippen LogP contribution in [0, 0.1) is 0 Å². The number of amides is 1. The summed E-state index contributed by atoms with van der Waals surface area (Å²) in [6.45, 7) is 6.23. The largest absolute Gasteiger partial charge is 0.372 e. The van der Waals surface area contributed by atoms with E-state index in [1.165, 1.54) is 5.69 Å². The molecule has 0 bridgehead atoms. The maximum atomic E-state index is 11.9. The Morgan fingerprint density at radius 3 is 2.26 bits per heavy atom. The molecule has 4 nitrogen and oxygen atoms in total. The molecule has 2 aromatic carbocycles. The molecule has 0 aliphatic heterocycles. The summed E-state index contributed by atoms with van der Waals surface area (Å²) in [5, 5.41) is 4.01. The molecule has 0 heterocycles. The Morgan fingerprint density at radius 1 is 1.09 bits per heavy atom. The number of anilines is 1. The highest BCUT2D eigenvalue weighted by atomic mass is 79.9. The third-order valence-electron chi connectivity index (χ3n) is 3.51. The third-order valence-corrected chi connectivity index (χ3v) is 4.04. The van der Waals surface area contributed by atoms with Crippen LogP contribution in [-0.4, -0.2) is 25.2 Å². The number of carbonyl (C=O) groups is 1. The Kier molecular flexibility index (Phi) is 6.35. The fourth-order valence-electron chi connectivity index (χ4n) is 2.19. The second-order valence-corrected chi connectivity index (χ2v) is 5.89. The molecule has 0 aliphatic carbocycles. The van der Waals surface area contributed by atoms with E-state index in [1.807, 2.05) is 24.3 Å². The minimum atomic E-state index is -0.228. The van der Waals surface area contributed by atoms with Crippen molar-refractivity contribution in [3.05, 3.63) is 64.1 Å². The van der Waals surface area contributed by atoms with E-state index >= 15 is 0 Å². The fourth-order valence-corrected chi connectivity index (χ4v) is 2.46. The maximum absolute atomic E-state index is 11.9. The Balaban J connectivity index is 1.95. The molecule has 0 saturated heterocycles. The second-order valence-electron chi connectivity index (χ2n) is 4.97. The summed E-state index contributed by atoms with van der Waals surface area (Å²) in [6.07, 6.45) is 1.64. The highest BCUT2D eigenvalue weighted by Crippen LogP contribution is 2.14. The predicted molar refractivity (Wildman–Crippen MR) is 99.2 cm³/mol. The first kappa shape index (κ1) is 17.2. The van der Waals surface area contributed by atoms with Gasteiger partial charge in [-0.3, -0.25) is 4.79 Å². The van der Waals surface area contributed by atoms with Gasteiger partial charge in [0.1, 0.15) is 0 Å². The zero-order valence-corrected chi connectivity index (χ0v) is 14.9. The van der Waals surface area contributed by atoms with Crippen LogP contribution in [0.25, 0.3) is 0 Å². The van der Waals surface area contributed by atoms with Crippen molar-refractivity contribution in [2.45, 2.75) is 13.8 Å². The number of carbonyl (C=O) groups excluding carboxylic acids is 1. The van der Waals surface area contributed by atoms with E-state index in [4.69, 9.17) is 0 Å². The van der Waals surface area contributed by atoms with Gasteiger partial charge in [-0.1, -0.05) is 28.1 Å².